The van der Waals surface area contributed by atoms with E-state index in [0.717, 1.165) is 11.8 Å². The Bertz CT molecular complexity index is 439. The van der Waals surface area contributed by atoms with E-state index in [1.807, 2.05) is 0 Å². The summed E-state index contributed by atoms with van der Waals surface area (Å²) in [5.41, 5.74) is -0.779. The summed E-state index contributed by atoms with van der Waals surface area (Å²) in [4.78, 5) is 45.2. The van der Waals surface area contributed by atoms with Gasteiger partial charge in [0.25, 0.3) is 0 Å². The Labute approximate surface area is 133 Å². The second-order valence-corrected chi connectivity index (χ2v) is 7.01. The zero-order valence-corrected chi connectivity index (χ0v) is 14.2. The van der Waals surface area contributed by atoms with Crippen LogP contribution < -0.4 is 0 Å². The highest BCUT2D eigenvalue weighted by atomic mass is 32.2. The van der Waals surface area contributed by atoms with Crippen molar-refractivity contribution >= 4 is 34.8 Å². The lowest BCUT2D eigenvalue weighted by Gasteiger charge is -2.20. The summed E-state index contributed by atoms with van der Waals surface area (Å²) in [6, 6.07) is 0. The van der Waals surface area contributed by atoms with Gasteiger partial charge in [-0.2, -0.15) is 0 Å². The number of hydrogen-bond acceptors (Lipinski definition) is 7. The van der Waals surface area contributed by atoms with Crippen molar-refractivity contribution in [1.82, 2.24) is 0 Å². The van der Waals surface area contributed by atoms with E-state index in [1.165, 1.54) is 13.8 Å². The molecule has 0 amide bonds. The van der Waals surface area contributed by atoms with E-state index in [2.05, 4.69) is 0 Å². The zero-order valence-electron chi connectivity index (χ0n) is 13.4. The molecule has 0 rings (SSSR count). The van der Waals surface area contributed by atoms with Crippen molar-refractivity contribution in [2.45, 2.75) is 40.7 Å². The molecule has 0 spiro atoms. The summed E-state index contributed by atoms with van der Waals surface area (Å²) in [7, 11) is 0. The van der Waals surface area contributed by atoms with Crippen LogP contribution in [0.1, 0.15) is 34.6 Å². The maximum absolute atomic E-state index is 11.8. The van der Waals surface area contributed by atoms with Crippen molar-refractivity contribution < 1.29 is 33.8 Å². The van der Waals surface area contributed by atoms with Gasteiger partial charge in [0, 0.05) is 12.7 Å². The van der Waals surface area contributed by atoms with E-state index in [4.69, 9.17) is 14.6 Å². The largest absolute Gasteiger partial charge is 0.478 e. The third-order valence-corrected chi connectivity index (χ3v) is 3.52. The van der Waals surface area contributed by atoms with Crippen LogP contribution in [0.3, 0.4) is 0 Å². The average molecular weight is 334 g/mol. The first-order valence-electron chi connectivity index (χ1n) is 6.69. The van der Waals surface area contributed by atoms with Crippen molar-refractivity contribution in [3.8, 4) is 0 Å². The van der Waals surface area contributed by atoms with Crippen LogP contribution in [0, 0.1) is 11.3 Å². The molecule has 0 aromatic heterocycles. The monoisotopic (exact) mass is 334 g/mol. The maximum atomic E-state index is 11.8. The van der Waals surface area contributed by atoms with Crippen molar-refractivity contribution in [1.29, 1.82) is 0 Å². The molecular formula is C14H22O7S. The molecule has 0 aliphatic heterocycles. The van der Waals surface area contributed by atoms with Gasteiger partial charge in [0.05, 0.1) is 11.3 Å². The van der Waals surface area contributed by atoms with Gasteiger partial charge in [0.15, 0.2) is 5.12 Å². The number of esters is 2. The molecule has 0 saturated carbocycles. The first-order chi connectivity index (χ1) is 9.95. The van der Waals surface area contributed by atoms with Gasteiger partial charge >= 0.3 is 17.9 Å². The predicted molar refractivity (Wildman–Crippen MR) is 80.2 cm³/mol. The highest BCUT2D eigenvalue weighted by molar-refractivity contribution is 8.13. The Balaban J connectivity index is 4.52. The Kier molecular flexibility index (Phi) is 8.15. The molecule has 0 fully saturated rings. The molecule has 0 aromatic rings. The quantitative estimate of drug-likeness (QED) is 0.698. The molecule has 0 aromatic carbocycles. The Morgan fingerprint density at radius 1 is 1.18 bits per heavy atom. The smallest absolute Gasteiger partial charge is 0.348 e. The molecule has 0 aliphatic rings. The average Bonchev–Trinajstić information content (AvgIpc) is 2.38. The lowest BCUT2D eigenvalue weighted by atomic mass is 9.97. The molecule has 126 valence electrons. The third-order valence-electron chi connectivity index (χ3n) is 2.45. The molecule has 0 aliphatic carbocycles. The first-order valence-corrected chi connectivity index (χ1v) is 7.67. The molecule has 22 heavy (non-hydrogen) atoms. The minimum atomic E-state index is -1.57. The normalized spacial score (nSPS) is 13.9. The number of carboxylic acid groups (broad SMARTS) is 1. The Hall–Kier alpha value is -1.57. The second kappa shape index (κ2) is 8.77. The standard InChI is InChI=1S/C14H22O7S/c1-8(7-22-9(2)15)12(18)21-10(11(16)17)6-20-13(19)14(3,4)5/h8,10H,6-7H2,1-5H3,(H,16,17)/t8-,10+/m1/s1. The van der Waals surface area contributed by atoms with Gasteiger partial charge in [-0.3, -0.25) is 14.4 Å². The number of hydrogen-bond donors (Lipinski definition) is 1. The number of carboxylic acids is 1. The van der Waals surface area contributed by atoms with Crippen molar-refractivity contribution in [2.75, 3.05) is 12.4 Å². The maximum Gasteiger partial charge on any atom is 0.348 e. The van der Waals surface area contributed by atoms with Crippen LogP contribution in [0.5, 0.6) is 0 Å². The summed E-state index contributed by atoms with van der Waals surface area (Å²) in [5, 5.41) is 8.87. The van der Waals surface area contributed by atoms with E-state index < -0.39 is 42.0 Å². The molecule has 1 N–H and O–H groups in total. The fraction of sp³-hybridized carbons (Fsp3) is 0.714. The molecule has 0 bridgehead atoms. The minimum absolute atomic E-state index is 0.145. The number of ether oxygens (including phenoxy) is 2. The molecule has 0 heterocycles. The van der Waals surface area contributed by atoms with Gasteiger partial charge in [-0.15, -0.1) is 0 Å². The molecule has 7 nitrogen and oxygen atoms in total. The molecule has 0 unspecified atom stereocenters. The van der Waals surface area contributed by atoms with Crippen molar-refractivity contribution in [2.24, 2.45) is 11.3 Å². The van der Waals surface area contributed by atoms with E-state index in [-0.39, 0.29) is 10.9 Å². The van der Waals surface area contributed by atoms with E-state index in [9.17, 15) is 19.2 Å². The van der Waals surface area contributed by atoms with E-state index in [0.29, 0.717) is 0 Å². The molecule has 8 heteroatoms. The summed E-state index contributed by atoms with van der Waals surface area (Å²) >= 11 is 0.952. The Morgan fingerprint density at radius 3 is 2.14 bits per heavy atom. The highest BCUT2D eigenvalue weighted by Gasteiger charge is 2.29. The van der Waals surface area contributed by atoms with Crippen LogP contribution in [-0.4, -0.2) is 46.6 Å². The predicted octanol–water partition coefficient (Wildman–Crippen LogP) is 1.49. The van der Waals surface area contributed by atoms with Gasteiger partial charge in [0.1, 0.15) is 6.61 Å². The lowest BCUT2D eigenvalue weighted by Crippen LogP contribution is -2.36. The van der Waals surface area contributed by atoms with E-state index >= 15 is 0 Å². The van der Waals surface area contributed by atoms with Crippen molar-refractivity contribution in [3.63, 3.8) is 0 Å². The van der Waals surface area contributed by atoms with Gasteiger partial charge in [-0.25, -0.2) is 4.79 Å². The van der Waals surface area contributed by atoms with Crippen LogP contribution in [0.15, 0.2) is 0 Å². The first kappa shape index (κ1) is 20.4. The topological polar surface area (TPSA) is 107 Å². The van der Waals surface area contributed by atoms with E-state index in [1.54, 1.807) is 20.8 Å². The number of carbonyl (C=O) groups excluding carboxylic acids is 3. The summed E-state index contributed by atoms with van der Waals surface area (Å²) in [6.45, 7) is 7.21. The number of rotatable bonds is 7. The minimum Gasteiger partial charge on any atom is -0.478 e. The summed E-state index contributed by atoms with van der Waals surface area (Å²) < 4.78 is 9.68. The van der Waals surface area contributed by atoms with Crippen LogP contribution in [-0.2, 0) is 28.7 Å². The molecule has 2 atom stereocenters. The van der Waals surface area contributed by atoms with Gasteiger partial charge < -0.3 is 14.6 Å². The number of thioether (sulfide) groups is 1. The van der Waals surface area contributed by atoms with Gasteiger partial charge in [-0.1, -0.05) is 18.7 Å². The third kappa shape index (κ3) is 8.02. The summed E-state index contributed by atoms with van der Waals surface area (Å²) in [5.74, 6) is -3.19. The SMILES string of the molecule is CC(=O)SC[C@@H](C)C(=O)O[C@@H](COC(=O)C(C)(C)C)C(=O)O. The van der Waals surface area contributed by atoms with Gasteiger partial charge in [0.2, 0.25) is 6.10 Å². The van der Waals surface area contributed by atoms with Crippen LogP contribution in [0.4, 0.5) is 0 Å². The lowest BCUT2D eigenvalue weighted by molar-refractivity contribution is -0.175. The van der Waals surface area contributed by atoms with Crippen LogP contribution >= 0.6 is 11.8 Å². The van der Waals surface area contributed by atoms with Gasteiger partial charge in [-0.05, 0) is 20.8 Å². The van der Waals surface area contributed by atoms with Crippen molar-refractivity contribution in [3.05, 3.63) is 0 Å². The highest BCUT2D eigenvalue weighted by Crippen LogP contribution is 2.16. The fourth-order valence-electron chi connectivity index (χ4n) is 1.09. The number of carbonyl (C=O) groups is 4. The fourth-order valence-corrected chi connectivity index (χ4v) is 1.71. The number of aliphatic carboxylic acids is 1. The zero-order chi connectivity index (χ0) is 17.5. The Morgan fingerprint density at radius 2 is 1.73 bits per heavy atom. The van der Waals surface area contributed by atoms with Crippen LogP contribution in [0.25, 0.3) is 0 Å². The molecule has 0 saturated heterocycles. The molecule has 0 radical (unpaired) electrons. The van der Waals surface area contributed by atoms with Crippen LogP contribution in [0.2, 0.25) is 0 Å². The second-order valence-electron chi connectivity index (χ2n) is 5.82. The summed E-state index contributed by atoms with van der Waals surface area (Å²) in [6.07, 6.45) is -1.57. The molecular weight excluding hydrogens is 312 g/mol.